The molecule has 0 spiro atoms. The van der Waals surface area contributed by atoms with Crippen molar-refractivity contribution in [1.82, 2.24) is 10.2 Å². The van der Waals surface area contributed by atoms with Crippen LogP contribution in [0.5, 0.6) is 5.75 Å². The van der Waals surface area contributed by atoms with Crippen LogP contribution in [0.25, 0.3) is 11.5 Å². The fourth-order valence-electron chi connectivity index (χ4n) is 2.39. The first-order valence-corrected chi connectivity index (χ1v) is 6.62. The number of aromatic hydroxyl groups is 1. The molecule has 1 aromatic carbocycles. The predicted octanol–water partition coefficient (Wildman–Crippen LogP) is 1.19. The van der Waals surface area contributed by atoms with Gasteiger partial charge in [-0.15, -0.1) is 10.2 Å². The summed E-state index contributed by atoms with van der Waals surface area (Å²) in [6, 6.07) is 4.49. The second-order valence-electron chi connectivity index (χ2n) is 5.07. The molecule has 8 heteroatoms. The first-order chi connectivity index (χ1) is 10.5. The number of anilines is 1. The Kier molecular flexibility index (Phi) is 3.28. The van der Waals surface area contributed by atoms with Gasteiger partial charge >= 0.3 is 5.97 Å². The number of rotatable bonds is 3. The lowest BCUT2D eigenvalue weighted by Gasteiger charge is -2.17. The summed E-state index contributed by atoms with van der Waals surface area (Å²) in [4.78, 5) is 24.4. The Labute approximate surface area is 125 Å². The van der Waals surface area contributed by atoms with Gasteiger partial charge in [0.1, 0.15) is 5.75 Å². The summed E-state index contributed by atoms with van der Waals surface area (Å²) in [6.45, 7) is 1.72. The molecule has 22 heavy (non-hydrogen) atoms. The van der Waals surface area contributed by atoms with Crippen LogP contribution < -0.4 is 4.90 Å². The molecule has 0 radical (unpaired) electrons. The molecule has 1 atom stereocenters. The first-order valence-electron chi connectivity index (χ1n) is 6.62. The molecule has 2 aromatic rings. The summed E-state index contributed by atoms with van der Waals surface area (Å²) in [6.07, 6.45) is -0.0365. The average Bonchev–Trinajstić information content (AvgIpc) is 3.06. The average molecular weight is 303 g/mol. The molecular weight excluding hydrogens is 290 g/mol. The van der Waals surface area contributed by atoms with Gasteiger partial charge in [-0.05, 0) is 18.2 Å². The largest absolute Gasteiger partial charge is 0.507 e. The Morgan fingerprint density at radius 2 is 2.18 bits per heavy atom. The summed E-state index contributed by atoms with van der Waals surface area (Å²) < 4.78 is 5.27. The van der Waals surface area contributed by atoms with Crippen molar-refractivity contribution in [3.05, 3.63) is 24.1 Å². The van der Waals surface area contributed by atoms with Gasteiger partial charge < -0.3 is 19.5 Å². The molecule has 0 unspecified atom stereocenters. The zero-order valence-electron chi connectivity index (χ0n) is 11.7. The van der Waals surface area contributed by atoms with E-state index < -0.39 is 11.9 Å². The van der Waals surface area contributed by atoms with Crippen LogP contribution in [-0.2, 0) is 9.59 Å². The van der Waals surface area contributed by atoms with Crippen LogP contribution in [0.15, 0.2) is 22.6 Å². The smallest absolute Gasteiger partial charge is 0.308 e. The molecule has 0 bridgehead atoms. The van der Waals surface area contributed by atoms with E-state index in [9.17, 15) is 14.7 Å². The van der Waals surface area contributed by atoms with Gasteiger partial charge in [-0.1, -0.05) is 0 Å². The highest BCUT2D eigenvalue weighted by molar-refractivity contribution is 5.99. The van der Waals surface area contributed by atoms with Crippen molar-refractivity contribution in [2.45, 2.75) is 13.3 Å². The van der Waals surface area contributed by atoms with Crippen LogP contribution in [0.4, 0.5) is 5.69 Å². The SMILES string of the molecule is Cc1nnc(-c2cc(N3C[C@@H](C(=O)O)CC3=O)ccc2O)o1. The Bertz CT molecular complexity index is 755. The van der Waals surface area contributed by atoms with Crippen molar-refractivity contribution in [3.8, 4) is 17.2 Å². The second kappa shape index (κ2) is 5.14. The van der Waals surface area contributed by atoms with Crippen LogP contribution in [0.2, 0.25) is 0 Å². The summed E-state index contributed by atoms with van der Waals surface area (Å²) in [5, 5.41) is 26.5. The van der Waals surface area contributed by atoms with E-state index in [4.69, 9.17) is 9.52 Å². The number of nitrogens with zero attached hydrogens (tertiary/aromatic N) is 3. The normalized spacial score (nSPS) is 18.0. The minimum absolute atomic E-state index is 0.0365. The molecule has 2 heterocycles. The molecule has 1 saturated heterocycles. The molecule has 8 nitrogen and oxygen atoms in total. The molecule has 3 rings (SSSR count). The van der Waals surface area contributed by atoms with Crippen molar-refractivity contribution in [2.75, 3.05) is 11.4 Å². The van der Waals surface area contributed by atoms with Gasteiger partial charge in [0, 0.05) is 25.6 Å². The molecule has 0 saturated carbocycles. The van der Waals surface area contributed by atoms with Crippen LogP contribution in [-0.4, -0.2) is 38.8 Å². The summed E-state index contributed by atoms with van der Waals surface area (Å²) >= 11 is 0. The van der Waals surface area contributed by atoms with E-state index in [0.717, 1.165) is 0 Å². The van der Waals surface area contributed by atoms with Crippen molar-refractivity contribution >= 4 is 17.6 Å². The number of benzene rings is 1. The van der Waals surface area contributed by atoms with Gasteiger partial charge in [0.15, 0.2) is 0 Å². The zero-order chi connectivity index (χ0) is 15.9. The number of hydrogen-bond acceptors (Lipinski definition) is 6. The minimum Gasteiger partial charge on any atom is -0.507 e. The number of aliphatic carboxylic acids is 1. The van der Waals surface area contributed by atoms with Crippen molar-refractivity contribution < 1.29 is 24.2 Å². The molecule has 0 aliphatic carbocycles. The second-order valence-corrected chi connectivity index (χ2v) is 5.07. The summed E-state index contributed by atoms with van der Waals surface area (Å²) in [5.74, 6) is -1.57. The quantitative estimate of drug-likeness (QED) is 0.874. The van der Waals surface area contributed by atoms with Gasteiger partial charge in [-0.25, -0.2) is 0 Å². The highest BCUT2D eigenvalue weighted by Gasteiger charge is 2.35. The molecule has 1 amide bonds. The third kappa shape index (κ3) is 2.39. The lowest BCUT2D eigenvalue weighted by atomic mass is 10.1. The monoisotopic (exact) mass is 303 g/mol. The summed E-state index contributed by atoms with van der Waals surface area (Å²) in [5.41, 5.74) is 0.780. The molecule has 1 aromatic heterocycles. The van der Waals surface area contributed by atoms with E-state index in [1.54, 1.807) is 13.0 Å². The van der Waals surface area contributed by atoms with Gasteiger partial charge in [0.2, 0.25) is 11.8 Å². The number of carboxylic acids is 1. The maximum absolute atomic E-state index is 12.0. The number of carbonyl (C=O) groups excluding carboxylic acids is 1. The standard InChI is InChI=1S/C14H13N3O5/c1-7-15-16-13(22-7)10-5-9(2-3-11(10)18)17-6-8(14(20)21)4-12(17)19/h2-3,5,8,18H,4,6H2,1H3,(H,20,21)/t8-/m0/s1. The van der Waals surface area contributed by atoms with E-state index in [1.165, 1.54) is 17.0 Å². The van der Waals surface area contributed by atoms with E-state index in [2.05, 4.69) is 10.2 Å². The third-order valence-corrected chi connectivity index (χ3v) is 3.52. The van der Waals surface area contributed by atoms with E-state index in [0.29, 0.717) is 17.1 Å². The van der Waals surface area contributed by atoms with Crippen LogP contribution in [0, 0.1) is 12.8 Å². The number of phenolic OH excluding ortho intramolecular Hbond substituents is 1. The van der Waals surface area contributed by atoms with Gasteiger partial charge in [-0.3, -0.25) is 9.59 Å². The predicted molar refractivity (Wildman–Crippen MR) is 74.2 cm³/mol. The van der Waals surface area contributed by atoms with Crippen molar-refractivity contribution in [3.63, 3.8) is 0 Å². The van der Waals surface area contributed by atoms with Gasteiger partial charge in [0.05, 0.1) is 11.5 Å². The van der Waals surface area contributed by atoms with Gasteiger partial charge in [0.25, 0.3) is 5.89 Å². The topological polar surface area (TPSA) is 117 Å². The third-order valence-electron chi connectivity index (χ3n) is 3.52. The van der Waals surface area contributed by atoms with Crippen LogP contribution in [0.1, 0.15) is 12.3 Å². The Hall–Kier alpha value is -2.90. The number of carboxylic acid groups (broad SMARTS) is 1. The molecule has 1 aliphatic rings. The lowest BCUT2D eigenvalue weighted by Crippen LogP contribution is -2.25. The summed E-state index contributed by atoms with van der Waals surface area (Å²) in [7, 11) is 0. The van der Waals surface area contributed by atoms with Crippen molar-refractivity contribution in [1.29, 1.82) is 0 Å². The first kappa shape index (κ1) is 14.1. The number of carbonyl (C=O) groups is 2. The van der Waals surface area contributed by atoms with E-state index >= 15 is 0 Å². The maximum atomic E-state index is 12.0. The molecule has 2 N–H and O–H groups in total. The number of aryl methyl sites for hydroxylation is 1. The lowest BCUT2D eigenvalue weighted by molar-refractivity contribution is -0.141. The fraction of sp³-hybridized carbons (Fsp3) is 0.286. The molecule has 1 fully saturated rings. The Balaban J connectivity index is 1.96. The number of hydrogen-bond donors (Lipinski definition) is 2. The molecule has 1 aliphatic heterocycles. The zero-order valence-corrected chi connectivity index (χ0v) is 11.7. The van der Waals surface area contributed by atoms with Crippen LogP contribution >= 0.6 is 0 Å². The molecular formula is C14H13N3O5. The van der Waals surface area contributed by atoms with E-state index in [1.807, 2.05) is 0 Å². The fourth-order valence-corrected chi connectivity index (χ4v) is 2.39. The highest BCUT2D eigenvalue weighted by atomic mass is 16.4. The van der Waals surface area contributed by atoms with Crippen LogP contribution in [0.3, 0.4) is 0 Å². The maximum Gasteiger partial charge on any atom is 0.308 e. The Morgan fingerprint density at radius 3 is 2.77 bits per heavy atom. The highest BCUT2D eigenvalue weighted by Crippen LogP contribution is 2.34. The minimum atomic E-state index is -0.998. The number of phenols is 1. The van der Waals surface area contributed by atoms with Gasteiger partial charge in [-0.2, -0.15) is 0 Å². The number of amides is 1. The number of aromatic nitrogens is 2. The Morgan fingerprint density at radius 1 is 1.41 bits per heavy atom. The van der Waals surface area contributed by atoms with Crippen molar-refractivity contribution in [2.24, 2.45) is 5.92 Å². The molecule has 114 valence electrons. The van der Waals surface area contributed by atoms with E-state index in [-0.39, 0.29) is 30.5 Å².